The Bertz CT molecular complexity index is 961. The summed E-state index contributed by atoms with van der Waals surface area (Å²) in [5, 5.41) is 1.33. The number of nitrogens with one attached hydrogen (secondary N) is 1. The van der Waals surface area contributed by atoms with Crippen molar-refractivity contribution in [3.8, 4) is 0 Å². The Morgan fingerprint density at radius 2 is 1.39 bits per heavy atom. The van der Waals surface area contributed by atoms with Gasteiger partial charge in [0.2, 0.25) is 0 Å². The molecule has 2 heteroatoms. The van der Waals surface area contributed by atoms with Crippen LogP contribution in [0.2, 0.25) is 0 Å². The second-order valence-corrected chi connectivity index (χ2v) is 7.38. The quantitative estimate of drug-likeness (QED) is 0.418. The molecule has 0 aliphatic heterocycles. The molecular weight excluding hydrogens is 340 g/mol. The lowest BCUT2D eigenvalue weighted by Gasteiger charge is -2.22. The fraction of sp³-hybridized carbons (Fsp3) is 0.192. The first-order valence-corrected chi connectivity index (χ1v) is 10.00. The Labute approximate surface area is 167 Å². The van der Waals surface area contributed by atoms with Gasteiger partial charge in [0.1, 0.15) is 0 Å². The molecule has 0 saturated heterocycles. The van der Waals surface area contributed by atoms with Crippen molar-refractivity contribution in [2.45, 2.75) is 25.9 Å². The van der Waals surface area contributed by atoms with Crippen LogP contribution >= 0.6 is 0 Å². The van der Waals surface area contributed by atoms with Gasteiger partial charge >= 0.3 is 0 Å². The molecule has 0 fully saturated rings. The van der Waals surface area contributed by atoms with E-state index in [-0.39, 0.29) is 0 Å². The van der Waals surface area contributed by atoms with Crippen LogP contribution in [0, 0.1) is 6.92 Å². The second-order valence-electron chi connectivity index (χ2n) is 7.38. The van der Waals surface area contributed by atoms with E-state index in [4.69, 9.17) is 0 Å². The normalized spacial score (nSPS) is 11.4. The van der Waals surface area contributed by atoms with E-state index in [1.165, 1.54) is 33.2 Å². The summed E-state index contributed by atoms with van der Waals surface area (Å²) >= 11 is 0. The highest BCUT2D eigenvalue weighted by Gasteiger charge is 2.10. The Morgan fingerprint density at radius 1 is 0.750 bits per heavy atom. The van der Waals surface area contributed by atoms with Crippen molar-refractivity contribution >= 4 is 10.9 Å². The molecule has 3 aromatic carbocycles. The fourth-order valence-corrected chi connectivity index (χ4v) is 3.76. The first-order chi connectivity index (χ1) is 13.8. The van der Waals surface area contributed by atoms with E-state index in [1.54, 1.807) is 0 Å². The molecule has 0 spiro atoms. The summed E-state index contributed by atoms with van der Waals surface area (Å²) in [5.41, 5.74) is 6.61. The first-order valence-electron chi connectivity index (χ1n) is 10.00. The van der Waals surface area contributed by atoms with Crippen LogP contribution in [0.5, 0.6) is 0 Å². The maximum Gasteiger partial charge on any atom is 0.0456 e. The molecule has 0 aliphatic rings. The zero-order valence-electron chi connectivity index (χ0n) is 16.3. The lowest BCUT2D eigenvalue weighted by molar-refractivity contribution is 0.260. The molecule has 0 atom stereocenters. The largest absolute Gasteiger partial charge is 0.361 e. The smallest absolute Gasteiger partial charge is 0.0456 e. The topological polar surface area (TPSA) is 19.0 Å². The van der Waals surface area contributed by atoms with Crippen molar-refractivity contribution in [3.63, 3.8) is 0 Å². The van der Waals surface area contributed by atoms with Gasteiger partial charge in [-0.1, -0.05) is 66.7 Å². The molecule has 1 radical (unpaired) electrons. The van der Waals surface area contributed by atoms with Gasteiger partial charge in [0, 0.05) is 36.7 Å². The molecule has 0 aliphatic carbocycles. The highest BCUT2D eigenvalue weighted by molar-refractivity contribution is 5.83. The van der Waals surface area contributed by atoms with Crippen LogP contribution in [-0.4, -0.2) is 16.4 Å². The van der Waals surface area contributed by atoms with Crippen LogP contribution in [-0.2, 0) is 25.9 Å². The molecule has 141 valence electrons. The lowest BCUT2D eigenvalue weighted by atomic mass is 10.1. The molecule has 0 saturated carbocycles. The minimum Gasteiger partial charge on any atom is -0.361 e. The summed E-state index contributed by atoms with van der Waals surface area (Å²) in [4.78, 5) is 5.96. The van der Waals surface area contributed by atoms with E-state index in [0.717, 1.165) is 32.5 Å². The van der Waals surface area contributed by atoms with Crippen molar-refractivity contribution in [1.82, 2.24) is 9.88 Å². The molecular formula is C26H27N2. The number of nitrogens with zero attached hydrogens (tertiary/aromatic N) is 1. The summed E-state index contributed by atoms with van der Waals surface area (Å²) < 4.78 is 0. The summed E-state index contributed by atoms with van der Waals surface area (Å²) in [6.45, 7) is 6.97. The van der Waals surface area contributed by atoms with E-state index < -0.39 is 0 Å². The standard InChI is InChI=1S/C26H27N2/c1-2-21-13-14-26-25(17-21)24(18-27-26)15-16-28(19-22-9-5-3-6-10-22)20-23-11-7-4-8-12-23/h3-14,17-18,27H,1-2,15-16,19-20H2. The number of hydrogen-bond acceptors (Lipinski definition) is 1. The number of fused-ring (bicyclic) bond motifs is 1. The number of rotatable bonds is 8. The first kappa shape index (κ1) is 18.5. The molecule has 1 N–H and O–H groups in total. The predicted molar refractivity (Wildman–Crippen MR) is 118 cm³/mol. The Balaban J connectivity index is 1.52. The van der Waals surface area contributed by atoms with Gasteiger partial charge in [-0.2, -0.15) is 0 Å². The predicted octanol–water partition coefficient (Wildman–Crippen LogP) is 5.79. The van der Waals surface area contributed by atoms with Crippen LogP contribution in [0.25, 0.3) is 10.9 Å². The van der Waals surface area contributed by atoms with Crippen LogP contribution in [0.1, 0.15) is 22.3 Å². The Hall–Kier alpha value is -2.84. The minimum absolute atomic E-state index is 0.828. The Kier molecular flexibility index (Phi) is 5.89. The molecule has 1 heterocycles. The highest BCUT2D eigenvalue weighted by atomic mass is 15.1. The zero-order chi connectivity index (χ0) is 19.2. The van der Waals surface area contributed by atoms with E-state index in [1.807, 2.05) is 0 Å². The monoisotopic (exact) mass is 367 g/mol. The molecule has 28 heavy (non-hydrogen) atoms. The van der Waals surface area contributed by atoms with Crippen molar-refractivity contribution in [2.24, 2.45) is 0 Å². The van der Waals surface area contributed by atoms with Crippen LogP contribution in [0.4, 0.5) is 0 Å². The number of H-pyrrole nitrogens is 1. The van der Waals surface area contributed by atoms with Gasteiger partial charge in [0.05, 0.1) is 0 Å². The number of aromatic nitrogens is 1. The van der Waals surface area contributed by atoms with E-state index >= 15 is 0 Å². The van der Waals surface area contributed by atoms with Gasteiger partial charge in [-0.25, -0.2) is 0 Å². The van der Waals surface area contributed by atoms with Crippen LogP contribution in [0.15, 0.2) is 85.1 Å². The molecule has 0 unspecified atom stereocenters. The summed E-state index contributed by atoms with van der Waals surface area (Å²) in [7, 11) is 0. The van der Waals surface area contributed by atoms with E-state index in [2.05, 4.69) is 102 Å². The molecule has 0 amide bonds. The third-order valence-electron chi connectivity index (χ3n) is 5.32. The summed E-state index contributed by atoms with van der Waals surface area (Å²) in [6, 6.07) is 28.1. The maximum absolute atomic E-state index is 4.03. The summed E-state index contributed by atoms with van der Waals surface area (Å²) in [6.07, 6.45) is 4.02. The van der Waals surface area contributed by atoms with Crippen LogP contribution < -0.4 is 0 Å². The van der Waals surface area contributed by atoms with Crippen molar-refractivity contribution in [3.05, 3.63) is 114 Å². The highest BCUT2D eigenvalue weighted by Crippen LogP contribution is 2.21. The van der Waals surface area contributed by atoms with Gasteiger partial charge in [-0.05, 0) is 54.2 Å². The van der Waals surface area contributed by atoms with Gasteiger partial charge < -0.3 is 4.98 Å². The number of hydrogen-bond donors (Lipinski definition) is 1. The van der Waals surface area contributed by atoms with Crippen molar-refractivity contribution in [2.75, 3.05) is 6.54 Å². The third kappa shape index (κ3) is 4.52. The maximum atomic E-state index is 4.03. The zero-order valence-corrected chi connectivity index (χ0v) is 16.3. The Morgan fingerprint density at radius 3 is 2.00 bits per heavy atom. The lowest BCUT2D eigenvalue weighted by Crippen LogP contribution is -2.25. The fourth-order valence-electron chi connectivity index (χ4n) is 3.76. The summed E-state index contributed by atoms with van der Waals surface area (Å²) in [5.74, 6) is 0. The molecule has 2 nitrogen and oxygen atoms in total. The van der Waals surface area contributed by atoms with Crippen LogP contribution in [0.3, 0.4) is 0 Å². The average Bonchev–Trinajstić information content (AvgIpc) is 3.15. The van der Waals surface area contributed by atoms with E-state index in [0.29, 0.717) is 0 Å². The molecule has 1 aromatic heterocycles. The number of benzene rings is 3. The van der Waals surface area contributed by atoms with E-state index in [9.17, 15) is 0 Å². The average molecular weight is 368 g/mol. The van der Waals surface area contributed by atoms with Gasteiger partial charge in [-0.15, -0.1) is 0 Å². The molecule has 4 rings (SSSR count). The third-order valence-corrected chi connectivity index (χ3v) is 5.32. The molecule has 4 aromatic rings. The molecule has 0 bridgehead atoms. The van der Waals surface area contributed by atoms with Gasteiger partial charge in [-0.3, -0.25) is 4.90 Å². The number of aromatic amines is 1. The minimum atomic E-state index is 0.828. The van der Waals surface area contributed by atoms with Gasteiger partial charge in [0.15, 0.2) is 0 Å². The van der Waals surface area contributed by atoms with Crippen molar-refractivity contribution < 1.29 is 0 Å². The van der Waals surface area contributed by atoms with Gasteiger partial charge in [0.25, 0.3) is 0 Å². The second kappa shape index (κ2) is 8.90. The SMILES string of the molecule is [CH2]Cc1ccc2[nH]cc(CCN(Cc3ccccc3)Cc3ccccc3)c2c1. The van der Waals surface area contributed by atoms with Crippen molar-refractivity contribution in [1.29, 1.82) is 0 Å².